The molecule has 1 aromatic carbocycles. The van der Waals surface area contributed by atoms with E-state index in [0.29, 0.717) is 28.3 Å². The smallest absolute Gasteiger partial charge is 0.0693 e. The van der Waals surface area contributed by atoms with E-state index in [9.17, 15) is 5.11 Å². The van der Waals surface area contributed by atoms with Gasteiger partial charge in [0.1, 0.15) is 0 Å². The fourth-order valence-electron chi connectivity index (χ4n) is 3.41. The zero-order valence-electron chi connectivity index (χ0n) is 10.9. The van der Waals surface area contributed by atoms with Crippen LogP contribution in [-0.2, 0) is 6.42 Å². The highest BCUT2D eigenvalue weighted by Crippen LogP contribution is 2.39. The molecule has 1 aromatic rings. The molecule has 2 rings (SSSR count). The van der Waals surface area contributed by atoms with Crippen LogP contribution >= 0.6 is 23.2 Å². The molecule has 2 atom stereocenters. The van der Waals surface area contributed by atoms with E-state index in [1.165, 1.54) is 6.42 Å². The zero-order valence-corrected chi connectivity index (χ0v) is 12.4. The third-order valence-electron chi connectivity index (χ3n) is 3.79. The number of halogens is 2. The Morgan fingerprint density at radius 1 is 1.22 bits per heavy atom. The largest absolute Gasteiger partial charge is 0.390 e. The first-order valence-electron chi connectivity index (χ1n) is 6.54. The highest BCUT2D eigenvalue weighted by molar-refractivity contribution is 6.33. The molecule has 0 bridgehead atoms. The summed E-state index contributed by atoms with van der Waals surface area (Å²) in [5, 5.41) is 12.1. The minimum Gasteiger partial charge on any atom is -0.390 e. The van der Waals surface area contributed by atoms with Gasteiger partial charge >= 0.3 is 0 Å². The van der Waals surface area contributed by atoms with Crippen LogP contribution in [0.5, 0.6) is 0 Å². The maximum absolute atomic E-state index is 10.8. The van der Waals surface area contributed by atoms with Crippen molar-refractivity contribution in [2.45, 2.75) is 45.1 Å². The van der Waals surface area contributed by atoms with Crippen LogP contribution in [0.4, 0.5) is 0 Å². The Labute approximate surface area is 119 Å². The van der Waals surface area contributed by atoms with Gasteiger partial charge in [0, 0.05) is 16.5 Å². The van der Waals surface area contributed by atoms with E-state index >= 15 is 0 Å². The van der Waals surface area contributed by atoms with Crippen molar-refractivity contribution in [2.75, 3.05) is 0 Å². The Morgan fingerprint density at radius 3 is 2.44 bits per heavy atom. The average Bonchev–Trinajstić information content (AvgIpc) is 2.21. The maximum Gasteiger partial charge on any atom is 0.0693 e. The lowest BCUT2D eigenvalue weighted by Gasteiger charge is -2.39. The van der Waals surface area contributed by atoms with E-state index in [2.05, 4.69) is 13.8 Å². The second-order valence-corrected chi connectivity index (χ2v) is 6.83. The average molecular weight is 287 g/mol. The van der Waals surface area contributed by atoms with Gasteiger partial charge in [0.15, 0.2) is 0 Å². The van der Waals surface area contributed by atoms with E-state index in [-0.39, 0.29) is 0 Å². The first kappa shape index (κ1) is 14.2. The van der Waals surface area contributed by atoms with E-state index in [4.69, 9.17) is 23.2 Å². The van der Waals surface area contributed by atoms with E-state index in [1.807, 2.05) is 6.07 Å². The van der Waals surface area contributed by atoms with Crippen molar-refractivity contribution in [3.05, 3.63) is 33.8 Å². The lowest BCUT2D eigenvalue weighted by atomic mass is 9.71. The zero-order chi connectivity index (χ0) is 13.3. The summed E-state index contributed by atoms with van der Waals surface area (Å²) < 4.78 is 0. The van der Waals surface area contributed by atoms with E-state index in [1.54, 1.807) is 12.1 Å². The van der Waals surface area contributed by atoms with Crippen LogP contribution in [0.3, 0.4) is 0 Å². The number of hydrogen-bond donors (Lipinski definition) is 1. The second-order valence-electron chi connectivity index (χ2n) is 5.99. The van der Waals surface area contributed by atoms with Crippen molar-refractivity contribution in [2.24, 2.45) is 11.8 Å². The number of benzene rings is 1. The minimum absolute atomic E-state index is 0.566. The van der Waals surface area contributed by atoms with Crippen molar-refractivity contribution in [3.63, 3.8) is 0 Å². The van der Waals surface area contributed by atoms with Crippen LogP contribution in [0, 0.1) is 11.8 Å². The Morgan fingerprint density at radius 2 is 1.83 bits per heavy atom. The summed E-state index contributed by atoms with van der Waals surface area (Å²) >= 11 is 12.2. The van der Waals surface area contributed by atoms with Crippen LogP contribution in [0.15, 0.2) is 18.2 Å². The quantitative estimate of drug-likeness (QED) is 0.834. The van der Waals surface area contributed by atoms with E-state index in [0.717, 1.165) is 18.4 Å². The normalized spacial score (nSPS) is 32.5. The van der Waals surface area contributed by atoms with Crippen LogP contribution in [0.1, 0.15) is 38.7 Å². The van der Waals surface area contributed by atoms with Gasteiger partial charge < -0.3 is 5.11 Å². The lowest BCUT2D eigenvalue weighted by Crippen LogP contribution is -2.39. The van der Waals surface area contributed by atoms with Gasteiger partial charge in [-0.2, -0.15) is 0 Å². The van der Waals surface area contributed by atoms with Gasteiger partial charge in [-0.05, 0) is 54.9 Å². The second kappa shape index (κ2) is 5.40. The minimum atomic E-state index is -0.634. The summed E-state index contributed by atoms with van der Waals surface area (Å²) in [6.45, 7) is 4.42. The molecule has 0 spiro atoms. The van der Waals surface area contributed by atoms with Crippen molar-refractivity contribution < 1.29 is 5.11 Å². The Bertz CT molecular complexity index is 421. The molecule has 1 aliphatic carbocycles. The van der Waals surface area contributed by atoms with Gasteiger partial charge in [0.25, 0.3) is 0 Å². The number of aliphatic hydroxyl groups is 1. The number of rotatable bonds is 2. The van der Waals surface area contributed by atoms with Crippen molar-refractivity contribution >= 4 is 23.2 Å². The molecule has 1 saturated carbocycles. The third-order valence-corrected chi connectivity index (χ3v) is 4.39. The predicted octanol–water partition coefficient (Wildman–Crippen LogP) is 4.72. The van der Waals surface area contributed by atoms with Gasteiger partial charge in [-0.25, -0.2) is 0 Å². The van der Waals surface area contributed by atoms with Crippen LogP contribution in [0.2, 0.25) is 10.0 Å². The molecule has 0 saturated heterocycles. The molecular weight excluding hydrogens is 267 g/mol. The van der Waals surface area contributed by atoms with Gasteiger partial charge in [0.05, 0.1) is 5.60 Å². The molecule has 1 fully saturated rings. The molecule has 0 aliphatic heterocycles. The summed E-state index contributed by atoms with van der Waals surface area (Å²) in [5.41, 5.74) is 0.318. The molecule has 0 heterocycles. The topological polar surface area (TPSA) is 20.2 Å². The Hall–Kier alpha value is -0.240. The third kappa shape index (κ3) is 3.40. The first-order chi connectivity index (χ1) is 8.38. The monoisotopic (exact) mass is 286 g/mol. The van der Waals surface area contributed by atoms with Crippen molar-refractivity contribution in [1.29, 1.82) is 0 Å². The predicted molar refractivity (Wildman–Crippen MR) is 77.3 cm³/mol. The molecule has 100 valence electrons. The Balaban J connectivity index is 2.18. The highest BCUT2D eigenvalue weighted by Gasteiger charge is 2.36. The molecule has 0 radical (unpaired) electrons. The van der Waals surface area contributed by atoms with Crippen molar-refractivity contribution in [1.82, 2.24) is 0 Å². The molecular formula is C15H20Cl2O. The van der Waals surface area contributed by atoms with Crippen LogP contribution in [-0.4, -0.2) is 10.7 Å². The summed E-state index contributed by atoms with van der Waals surface area (Å²) in [4.78, 5) is 0. The molecule has 1 N–H and O–H groups in total. The SMILES string of the molecule is CC1CC(C)CC(O)(Cc2cc(Cl)ccc2Cl)C1. The van der Waals surface area contributed by atoms with Gasteiger partial charge in [-0.15, -0.1) is 0 Å². The van der Waals surface area contributed by atoms with Crippen LogP contribution < -0.4 is 0 Å². The molecule has 1 aliphatic rings. The summed E-state index contributed by atoms with van der Waals surface area (Å²) in [6, 6.07) is 5.45. The standard InChI is InChI=1S/C15H20Cl2O/c1-10-5-11(2)8-15(18,7-10)9-12-6-13(16)3-4-14(12)17/h3-4,6,10-11,18H,5,7-9H2,1-2H3. The lowest BCUT2D eigenvalue weighted by molar-refractivity contribution is -0.0304. The van der Waals surface area contributed by atoms with Gasteiger partial charge in [-0.3, -0.25) is 0 Å². The highest BCUT2D eigenvalue weighted by atomic mass is 35.5. The molecule has 2 unspecified atom stereocenters. The molecule has 0 amide bonds. The molecule has 3 heteroatoms. The maximum atomic E-state index is 10.8. The molecule has 18 heavy (non-hydrogen) atoms. The van der Waals surface area contributed by atoms with Gasteiger partial charge in [0.2, 0.25) is 0 Å². The number of hydrogen-bond acceptors (Lipinski definition) is 1. The fraction of sp³-hybridized carbons (Fsp3) is 0.600. The first-order valence-corrected chi connectivity index (χ1v) is 7.30. The summed E-state index contributed by atoms with van der Waals surface area (Å²) in [7, 11) is 0. The fourth-order valence-corrected chi connectivity index (χ4v) is 3.79. The Kier molecular flexibility index (Phi) is 4.25. The summed E-state index contributed by atoms with van der Waals surface area (Å²) in [6.07, 6.45) is 3.49. The molecule has 1 nitrogen and oxygen atoms in total. The van der Waals surface area contributed by atoms with E-state index < -0.39 is 5.60 Å². The van der Waals surface area contributed by atoms with Gasteiger partial charge in [-0.1, -0.05) is 37.0 Å². The molecule has 0 aromatic heterocycles. The summed E-state index contributed by atoms with van der Waals surface area (Å²) in [5.74, 6) is 1.13. The van der Waals surface area contributed by atoms with Crippen molar-refractivity contribution in [3.8, 4) is 0 Å². The van der Waals surface area contributed by atoms with Crippen LogP contribution in [0.25, 0.3) is 0 Å².